The molecular formula is C16H27N. The van der Waals surface area contributed by atoms with E-state index in [4.69, 9.17) is 5.73 Å². The molecule has 96 valence electrons. The Balaban J connectivity index is 2.24. The molecular weight excluding hydrogens is 206 g/mol. The number of unbranched alkanes of at least 4 members (excludes halogenated alkanes) is 5. The molecule has 0 saturated carbocycles. The summed E-state index contributed by atoms with van der Waals surface area (Å²) in [6.45, 7) is 4.31. The van der Waals surface area contributed by atoms with Crippen molar-refractivity contribution >= 4 is 0 Å². The third kappa shape index (κ3) is 5.88. The zero-order chi connectivity index (χ0) is 12.5. The van der Waals surface area contributed by atoms with Gasteiger partial charge in [0, 0.05) is 6.04 Å². The Morgan fingerprint density at radius 2 is 1.76 bits per heavy atom. The van der Waals surface area contributed by atoms with Crippen molar-refractivity contribution in [2.24, 2.45) is 5.73 Å². The van der Waals surface area contributed by atoms with Gasteiger partial charge in [-0.3, -0.25) is 0 Å². The third-order valence-corrected chi connectivity index (χ3v) is 3.30. The molecule has 1 rings (SSSR count). The first kappa shape index (κ1) is 14.2. The van der Waals surface area contributed by atoms with Gasteiger partial charge in [0.25, 0.3) is 0 Å². The van der Waals surface area contributed by atoms with Gasteiger partial charge in [-0.25, -0.2) is 0 Å². The van der Waals surface area contributed by atoms with Crippen LogP contribution in [0.4, 0.5) is 0 Å². The molecule has 0 aliphatic heterocycles. The Kier molecular flexibility index (Phi) is 6.95. The van der Waals surface area contributed by atoms with Gasteiger partial charge >= 0.3 is 0 Å². The van der Waals surface area contributed by atoms with E-state index >= 15 is 0 Å². The van der Waals surface area contributed by atoms with E-state index in [1.807, 2.05) is 6.92 Å². The van der Waals surface area contributed by atoms with Gasteiger partial charge in [0.05, 0.1) is 0 Å². The minimum Gasteiger partial charge on any atom is -0.324 e. The molecule has 0 spiro atoms. The Bertz CT molecular complexity index is 304. The molecule has 1 aromatic rings. The SMILES string of the molecule is CCCCCCCCc1cccc(C(C)N)c1. The molecule has 1 heteroatoms. The van der Waals surface area contributed by atoms with Gasteiger partial charge in [-0.05, 0) is 30.9 Å². The highest BCUT2D eigenvalue weighted by atomic mass is 14.6. The minimum absolute atomic E-state index is 0.152. The fraction of sp³-hybridized carbons (Fsp3) is 0.625. The summed E-state index contributed by atoms with van der Waals surface area (Å²) in [6.07, 6.45) is 9.38. The van der Waals surface area contributed by atoms with Crippen molar-refractivity contribution < 1.29 is 0 Å². The monoisotopic (exact) mass is 233 g/mol. The molecule has 0 bridgehead atoms. The van der Waals surface area contributed by atoms with Gasteiger partial charge in [-0.15, -0.1) is 0 Å². The average Bonchev–Trinajstić information content (AvgIpc) is 2.34. The van der Waals surface area contributed by atoms with Gasteiger partial charge in [0.2, 0.25) is 0 Å². The molecule has 1 aromatic carbocycles. The molecule has 1 atom stereocenters. The van der Waals surface area contributed by atoms with Crippen LogP contribution in [0.1, 0.15) is 69.5 Å². The second kappa shape index (κ2) is 8.30. The highest BCUT2D eigenvalue weighted by Crippen LogP contribution is 2.14. The number of rotatable bonds is 8. The van der Waals surface area contributed by atoms with Crippen molar-refractivity contribution in [2.45, 2.75) is 64.8 Å². The van der Waals surface area contributed by atoms with Crippen LogP contribution in [0.2, 0.25) is 0 Å². The van der Waals surface area contributed by atoms with Crippen LogP contribution in [-0.2, 0) is 6.42 Å². The summed E-state index contributed by atoms with van der Waals surface area (Å²) in [5, 5.41) is 0. The van der Waals surface area contributed by atoms with E-state index in [0.717, 1.165) is 0 Å². The largest absolute Gasteiger partial charge is 0.324 e. The first-order valence-corrected chi connectivity index (χ1v) is 7.08. The maximum atomic E-state index is 5.89. The zero-order valence-corrected chi connectivity index (χ0v) is 11.4. The quantitative estimate of drug-likeness (QED) is 0.652. The molecule has 2 N–H and O–H groups in total. The molecule has 0 aliphatic rings. The van der Waals surface area contributed by atoms with Crippen molar-refractivity contribution in [3.05, 3.63) is 35.4 Å². The van der Waals surface area contributed by atoms with E-state index in [0.29, 0.717) is 0 Å². The first-order valence-electron chi connectivity index (χ1n) is 7.08. The third-order valence-electron chi connectivity index (χ3n) is 3.30. The summed E-state index contributed by atoms with van der Waals surface area (Å²) in [6, 6.07) is 8.88. The second-order valence-corrected chi connectivity index (χ2v) is 5.05. The molecule has 0 radical (unpaired) electrons. The number of hydrogen-bond donors (Lipinski definition) is 1. The van der Waals surface area contributed by atoms with E-state index < -0.39 is 0 Å². The van der Waals surface area contributed by atoms with Gasteiger partial charge in [-0.1, -0.05) is 63.3 Å². The van der Waals surface area contributed by atoms with Crippen LogP contribution in [0.5, 0.6) is 0 Å². The number of benzene rings is 1. The van der Waals surface area contributed by atoms with Crippen molar-refractivity contribution in [3.8, 4) is 0 Å². The lowest BCUT2D eigenvalue weighted by atomic mass is 10.0. The van der Waals surface area contributed by atoms with Crippen molar-refractivity contribution in [3.63, 3.8) is 0 Å². The normalized spacial score (nSPS) is 12.6. The first-order chi connectivity index (χ1) is 8.24. The van der Waals surface area contributed by atoms with Crippen molar-refractivity contribution in [1.29, 1.82) is 0 Å². The number of aryl methyl sites for hydroxylation is 1. The van der Waals surface area contributed by atoms with Crippen molar-refractivity contribution in [1.82, 2.24) is 0 Å². The fourth-order valence-corrected chi connectivity index (χ4v) is 2.14. The van der Waals surface area contributed by atoms with E-state index in [9.17, 15) is 0 Å². The van der Waals surface area contributed by atoms with Crippen LogP contribution in [0.25, 0.3) is 0 Å². The van der Waals surface area contributed by atoms with Gasteiger partial charge in [-0.2, -0.15) is 0 Å². The van der Waals surface area contributed by atoms with Crippen LogP contribution in [-0.4, -0.2) is 0 Å². The van der Waals surface area contributed by atoms with Crippen LogP contribution in [0.3, 0.4) is 0 Å². The maximum absolute atomic E-state index is 5.89. The smallest absolute Gasteiger partial charge is 0.0266 e. The molecule has 1 unspecified atom stereocenters. The topological polar surface area (TPSA) is 26.0 Å². The highest BCUT2D eigenvalue weighted by molar-refractivity contribution is 5.25. The molecule has 0 amide bonds. The van der Waals surface area contributed by atoms with Gasteiger partial charge in [0.15, 0.2) is 0 Å². The zero-order valence-electron chi connectivity index (χ0n) is 11.4. The Morgan fingerprint density at radius 3 is 2.47 bits per heavy atom. The Morgan fingerprint density at radius 1 is 1.06 bits per heavy atom. The molecule has 17 heavy (non-hydrogen) atoms. The molecule has 0 fully saturated rings. The Hall–Kier alpha value is -0.820. The summed E-state index contributed by atoms with van der Waals surface area (Å²) >= 11 is 0. The maximum Gasteiger partial charge on any atom is 0.0266 e. The predicted octanol–water partition coefficient (Wildman–Crippen LogP) is 4.61. The van der Waals surface area contributed by atoms with E-state index in [-0.39, 0.29) is 6.04 Å². The summed E-state index contributed by atoms with van der Waals surface area (Å²) in [7, 11) is 0. The molecule has 0 saturated heterocycles. The van der Waals surface area contributed by atoms with Crippen LogP contribution in [0, 0.1) is 0 Å². The van der Waals surface area contributed by atoms with Crippen LogP contribution < -0.4 is 5.73 Å². The standard InChI is InChI=1S/C16H27N/c1-3-4-5-6-7-8-10-15-11-9-12-16(13-15)14(2)17/h9,11-14H,3-8,10,17H2,1-2H3. The second-order valence-electron chi connectivity index (χ2n) is 5.05. The van der Waals surface area contributed by atoms with Crippen LogP contribution >= 0.6 is 0 Å². The highest BCUT2D eigenvalue weighted by Gasteiger charge is 2.00. The summed E-state index contributed by atoms with van der Waals surface area (Å²) < 4.78 is 0. The minimum atomic E-state index is 0.152. The van der Waals surface area contributed by atoms with E-state index in [1.165, 1.54) is 56.1 Å². The summed E-state index contributed by atoms with van der Waals surface area (Å²) in [5.74, 6) is 0. The lowest BCUT2D eigenvalue weighted by Gasteiger charge is -2.08. The number of nitrogens with two attached hydrogens (primary N) is 1. The van der Waals surface area contributed by atoms with Crippen molar-refractivity contribution in [2.75, 3.05) is 0 Å². The molecule has 0 aliphatic carbocycles. The summed E-state index contributed by atoms with van der Waals surface area (Å²) in [5.41, 5.74) is 8.59. The lowest BCUT2D eigenvalue weighted by Crippen LogP contribution is -2.05. The summed E-state index contributed by atoms with van der Waals surface area (Å²) in [4.78, 5) is 0. The predicted molar refractivity (Wildman–Crippen MR) is 76.1 cm³/mol. The molecule has 0 aromatic heterocycles. The fourth-order valence-electron chi connectivity index (χ4n) is 2.14. The lowest BCUT2D eigenvalue weighted by molar-refractivity contribution is 0.607. The van der Waals surface area contributed by atoms with Gasteiger partial charge < -0.3 is 5.73 Å². The van der Waals surface area contributed by atoms with Crippen LogP contribution in [0.15, 0.2) is 24.3 Å². The average molecular weight is 233 g/mol. The van der Waals surface area contributed by atoms with E-state index in [2.05, 4.69) is 31.2 Å². The Labute approximate surface area is 106 Å². The number of hydrogen-bond acceptors (Lipinski definition) is 1. The molecule has 0 heterocycles. The molecule has 1 nitrogen and oxygen atoms in total. The van der Waals surface area contributed by atoms with E-state index in [1.54, 1.807) is 0 Å². The van der Waals surface area contributed by atoms with Gasteiger partial charge in [0.1, 0.15) is 0 Å².